The number of nitrogens with two attached hydrogens (primary N) is 1. The number of nitrogen functional groups attached to an aromatic ring is 1. The Bertz CT molecular complexity index is 762. The van der Waals surface area contributed by atoms with Crippen LogP contribution < -0.4 is 15.2 Å². The molecule has 0 saturated heterocycles. The number of carbonyl (C=O) groups excluding carboxylic acids is 1. The Hall–Kier alpha value is -2.83. The van der Waals surface area contributed by atoms with Crippen molar-refractivity contribution in [1.82, 2.24) is 15.1 Å². The minimum Gasteiger partial charge on any atom is -0.454 e. The Morgan fingerprint density at radius 2 is 2.05 bits per heavy atom. The topological polar surface area (TPSA) is 90.6 Å². The van der Waals surface area contributed by atoms with E-state index < -0.39 is 0 Å². The predicted molar refractivity (Wildman–Crippen MR) is 77.5 cm³/mol. The van der Waals surface area contributed by atoms with Crippen molar-refractivity contribution in [2.75, 3.05) is 19.1 Å². The number of nitrogens with zero attached hydrogens (tertiary/aromatic N) is 3. The lowest BCUT2D eigenvalue weighted by Crippen LogP contribution is -2.36. The van der Waals surface area contributed by atoms with E-state index >= 15 is 0 Å². The summed E-state index contributed by atoms with van der Waals surface area (Å²) in [5, 5.41) is 7.94. The summed E-state index contributed by atoms with van der Waals surface area (Å²) in [7, 11) is 0. The van der Waals surface area contributed by atoms with Gasteiger partial charge in [0, 0.05) is 25.1 Å². The van der Waals surface area contributed by atoms with Crippen LogP contribution in [0.2, 0.25) is 0 Å². The van der Waals surface area contributed by atoms with E-state index in [1.54, 1.807) is 29.2 Å². The summed E-state index contributed by atoms with van der Waals surface area (Å²) in [6, 6.07) is 7.02. The standard InChI is InChI=1S/C15H14N4O3/c16-14-6-10-7-19(4-3-11(10)17-18-14)15(20)9-1-2-12-13(5-9)22-8-21-12/h1-2,5-6H,3-4,7-8H2,(H2,16,18). The van der Waals surface area contributed by atoms with Crippen LogP contribution in [0.25, 0.3) is 0 Å². The average molecular weight is 298 g/mol. The molecule has 0 radical (unpaired) electrons. The molecule has 2 aliphatic heterocycles. The maximum Gasteiger partial charge on any atom is 0.254 e. The SMILES string of the molecule is Nc1cc2c(nn1)CCN(C(=O)c1ccc3c(c1)OCO3)C2. The molecule has 0 bridgehead atoms. The lowest BCUT2D eigenvalue weighted by Gasteiger charge is -2.28. The molecule has 7 heteroatoms. The van der Waals surface area contributed by atoms with E-state index in [2.05, 4.69) is 10.2 Å². The molecule has 2 N–H and O–H groups in total. The van der Waals surface area contributed by atoms with Crippen LogP contribution in [0, 0.1) is 0 Å². The second kappa shape index (κ2) is 4.87. The number of anilines is 1. The van der Waals surface area contributed by atoms with Gasteiger partial charge in [-0.1, -0.05) is 0 Å². The maximum absolute atomic E-state index is 12.7. The van der Waals surface area contributed by atoms with Gasteiger partial charge in [0.2, 0.25) is 6.79 Å². The largest absolute Gasteiger partial charge is 0.454 e. The molecule has 0 saturated carbocycles. The molecule has 1 amide bonds. The fourth-order valence-corrected chi connectivity index (χ4v) is 2.73. The van der Waals surface area contributed by atoms with E-state index in [0.29, 0.717) is 42.4 Å². The number of amides is 1. The van der Waals surface area contributed by atoms with E-state index in [1.807, 2.05) is 0 Å². The molecule has 0 atom stereocenters. The van der Waals surface area contributed by atoms with Gasteiger partial charge in [0.05, 0.1) is 5.69 Å². The summed E-state index contributed by atoms with van der Waals surface area (Å²) >= 11 is 0. The molecule has 2 aromatic rings. The highest BCUT2D eigenvalue weighted by atomic mass is 16.7. The summed E-state index contributed by atoms with van der Waals surface area (Å²) < 4.78 is 10.6. The molecule has 3 heterocycles. The first-order valence-corrected chi connectivity index (χ1v) is 7.00. The van der Waals surface area contributed by atoms with E-state index in [9.17, 15) is 4.79 Å². The fraction of sp³-hybridized carbons (Fsp3) is 0.267. The van der Waals surface area contributed by atoms with Crippen molar-refractivity contribution < 1.29 is 14.3 Å². The monoisotopic (exact) mass is 298 g/mol. The Morgan fingerprint density at radius 3 is 2.95 bits per heavy atom. The predicted octanol–water partition coefficient (Wildman–Crippen LogP) is 0.986. The number of hydrogen-bond donors (Lipinski definition) is 1. The summed E-state index contributed by atoms with van der Waals surface area (Å²) in [6.07, 6.45) is 0.679. The van der Waals surface area contributed by atoms with E-state index in [-0.39, 0.29) is 12.7 Å². The molecule has 0 fully saturated rings. The molecule has 22 heavy (non-hydrogen) atoms. The zero-order chi connectivity index (χ0) is 15.1. The van der Waals surface area contributed by atoms with Crippen molar-refractivity contribution in [3.8, 4) is 11.5 Å². The van der Waals surface area contributed by atoms with Crippen molar-refractivity contribution in [2.45, 2.75) is 13.0 Å². The molecule has 0 aliphatic carbocycles. The summed E-state index contributed by atoms with van der Waals surface area (Å²) in [5.41, 5.74) is 8.11. The summed E-state index contributed by atoms with van der Waals surface area (Å²) in [5.74, 6) is 1.61. The minimum absolute atomic E-state index is 0.0423. The summed E-state index contributed by atoms with van der Waals surface area (Å²) in [4.78, 5) is 14.4. The molecule has 112 valence electrons. The molecule has 0 spiro atoms. The Labute approximate surface area is 126 Å². The maximum atomic E-state index is 12.7. The molecular weight excluding hydrogens is 284 g/mol. The highest BCUT2D eigenvalue weighted by Gasteiger charge is 2.24. The Morgan fingerprint density at radius 1 is 1.18 bits per heavy atom. The zero-order valence-electron chi connectivity index (χ0n) is 11.8. The molecule has 2 aliphatic rings. The van der Waals surface area contributed by atoms with Crippen LogP contribution in [0.5, 0.6) is 11.5 Å². The van der Waals surface area contributed by atoms with Crippen LogP contribution >= 0.6 is 0 Å². The minimum atomic E-state index is -0.0423. The van der Waals surface area contributed by atoms with Gasteiger partial charge < -0.3 is 20.1 Å². The molecule has 7 nitrogen and oxygen atoms in total. The van der Waals surface area contributed by atoms with Crippen molar-refractivity contribution in [3.05, 3.63) is 41.1 Å². The number of aromatic nitrogens is 2. The lowest BCUT2D eigenvalue weighted by molar-refractivity contribution is 0.0732. The van der Waals surface area contributed by atoms with Crippen molar-refractivity contribution in [2.24, 2.45) is 0 Å². The van der Waals surface area contributed by atoms with Gasteiger partial charge in [0.1, 0.15) is 5.82 Å². The van der Waals surface area contributed by atoms with Crippen LogP contribution in [0.1, 0.15) is 21.6 Å². The molecule has 1 aromatic heterocycles. The van der Waals surface area contributed by atoms with Crippen molar-refractivity contribution in [3.63, 3.8) is 0 Å². The van der Waals surface area contributed by atoms with Gasteiger partial charge in [-0.3, -0.25) is 4.79 Å². The molecular formula is C15H14N4O3. The fourth-order valence-electron chi connectivity index (χ4n) is 2.73. The van der Waals surface area contributed by atoms with E-state index in [0.717, 1.165) is 11.3 Å². The van der Waals surface area contributed by atoms with Gasteiger partial charge in [-0.2, -0.15) is 5.10 Å². The Balaban J connectivity index is 1.59. The lowest BCUT2D eigenvalue weighted by atomic mass is 10.0. The van der Waals surface area contributed by atoms with Gasteiger partial charge >= 0.3 is 0 Å². The van der Waals surface area contributed by atoms with Crippen LogP contribution in [0.3, 0.4) is 0 Å². The molecule has 4 rings (SSSR count). The number of ether oxygens (including phenoxy) is 2. The van der Waals surface area contributed by atoms with Gasteiger partial charge in [-0.25, -0.2) is 0 Å². The van der Waals surface area contributed by atoms with Gasteiger partial charge in [-0.15, -0.1) is 5.10 Å². The van der Waals surface area contributed by atoms with Crippen LogP contribution in [-0.2, 0) is 13.0 Å². The van der Waals surface area contributed by atoms with Gasteiger partial charge in [-0.05, 0) is 29.8 Å². The third-order valence-electron chi connectivity index (χ3n) is 3.87. The first kappa shape index (κ1) is 12.9. The second-order valence-corrected chi connectivity index (χ2v) is 5.29. The summed E-state index contributed by atoms with van der Waals surface area (Å²) in [6.45, 7) is 1.29. The van der Waals surface area contributed by atoms with Crippen LogP contribution in [0.15, 0.2) is 24.3 Å². The van der Waals surface area contributed by atoms with Crippen molar-refractivity contribution in [1.29, 1.82) is 0 Å². The van der Waals surface area contributed by atoms with E-state index in [4.69, 9.17) is 15.2 Å². The van der Waals surface area contributed by atoms with Crippen molar-refractivity contribution >= 4 is 11.7 Å². The number of hydrogen-bond acceptors (Lipinski definition) is 6. The van der Waals surface area contributed by atoms with Gasteiger partial charge in [0.15, 0.2) is 11.5 Å². The third kappa shape index (κ3) is 2.11. The smallest absolute Gasteiger partial charge is 0.254 e. The number of benzene rings is 1. The third-order valence-corrected chi connectivity index (χ3v) is 3.87. The molecule has 0 unspecified atom stereocenters. The van der Waals surface area contributed by atoms with E-state index in [1.165, 1.54) is 0 Å². The highest BCUT2D eigenvalue weighted by Crippen LogP contribution is 2.33. The second-order valence-electron chi connectivity index (χ2n) is 5.29. The van der Waals surface area contributed by atoms with Crippen LogP contribution in [-0.4, -0.2) is 34.3 Å². The quantitative estimate of drug-likeness (QED) is 0.844. The Kier molecular flexibility index (Phi) is 2.85. The number of carbonyl (C=O) groups is 1. The van der Waals surface area contributed by atoms with Crippen LogP contribution in [0.4, 0.5) is 5.82 Å². The normalized spacial score (nSPS) is 15.5. The average Bonchev–Trinajstić information content (AvgIpc) is 3.01. The number of rotatable bonds is 1. The first-order chi connectivity index (χ1) is 10.7. The molecule has 1 aromatic carbocycles. The number of fused-ring (bicyclic) bond motifs is 2. The zero-order valence-corrected chi connectivity index (χ0v) is 11.8. The van der Waals surface area contributed by atoms with Gasteiger partial charge in [0.25, 0.3) is 5.91 Å². The highest BCUT2D eigenvalue weighted by molar-refractivity contribution is 5.95. The first-order valence-electron chi connectivity index (χ1n) is 7.00.